The van der Waals surface area contributed by atoms with E-state index in [0.717, 1.165) is 12.8 Å². The predicted octanol–water partition coefficient (Wildman–Crippen LogP) is 2.60. The van der Waals surface area contributed by atoms with Gasteiger partial charge < -0.3 is 11.1 Å². The number of rotatable bonds is 6. The van der Waals surface area contributed by atoms with Gasteiger partial charge in [0.05, 0.1) is 15.4 Å². The summed E-state index contributed by atoms with van der Waals surface area (Å²) in [4.78, 5) is 23.5. The standard InChI is InChI=1S/C14H19N3O3S.ClH/c1-14(8-15,10-4-5-10)16-13(18)9-3-6-12(21-2)11(7-9)17(19)20;/h3,6-7,10H,4-5,8,15H2,1-2H3,(H,16,18);1H. The number of hydrogen-bond acceptors (Lipinski definition) is 5. The highest BCUT2D eigenvalue weighted by atomic mass is 35.5. The second-order valence-corrected chi connectivity index (χ2v) is 6.34. The first-order valence-corrected chi connectivity index (χ1v) is 7.99. The third-order valence-electron chi connectivity index (χ3n) is 3.94. The molecule has 6 nitrogen and oxygen atoms in total. The van der Waals surface area contributed by atoms with E-state index in [1.54, 1.807) is 18.4 Å². The van der Waals surface area contributed by atoms with Gasteiger partial charge >= 0.3 is 0 Å². The number of nitrogens with two attached hydrogens (primary N) is 1. The SMILES string of the molecule is CSc1ccc(C(=O)NC(C)(CN)C2CC2)cc1[N+](=O)[O-].Cl. The van der Waals surface area contributed by atoms with Crippen LogP contribution in [0.1, 0.15) is 30.1 Å². The number of nitro groups is 1. The Morgan fingerprint density at radius 3 is 2.64 bits per heavy atom. The molecule has 22 heavy (non-hydrogen) atoms. The normalized spacial score (nSPS) is 16.3. The highest BCUT2D eigenvalue weighted by molar-refractivity contribution is 7.98. The summed E-state index contributed by atoms with van der Waals surface area (Å²) in [6.45, 7) is 2.28. The Morgan fingerprint density at radius 2 is 2.18 bits per heavy atom. The molecule has 0 bridgehead atoms. The zero-order valence-electron chi connectivity index (χ0n) is 12.5. The van der Waals surface area contributed by atoms with Crippen molar-refractivity contribution in [2.75, 3.05) is 12.8 Å². The number of amides is 1. The molecular formula is C14H20ClN3O3S. The number of halogens is 1. The average molecular weight is 346 g/mol. The summed E-state index contributed by atoms with van der Waals surface area (Å²) in [6.07, 6.45) is 3.87. The minimum atomic E-state index is -0.467. The Kier molecular flexibility index (Phi) is 6.22. The molecule has 1 aromatic rings. The molecule has 1 aliphatic carbocycles. The fourth-order valence-electron chi connectivity index (χ4n) is 2.35. The van der Waals surface area contributed by atoms with Crippen molar-refractivity contribution < 1.29 is 9.72 Å². The molecule has 1 aromatic carbocycles. The fourth-order valence-corrected chi connectivity index (χ4v) is 2.89. The van der Waals surface area contributed by atoms with Gasteiger partial charge in [0.15, 0.2) is 0 Å². The van der Waals surface area contributed by atoms with Crippen LogP contribution in [0.4, 0.5) is 5.69 Å². The highest BCUT2D eigenvalue weighted by Crippen LogP contribution is 2.39. The summed E-state index contributed by atoms with van der Waals surface area (Å²) in [5.41, 5.74) is 5.58. The van der Waals surface area contributed by atoms with Gasteiger partial charge in [-0.1, -0.05) is 0 Å². The number of nitro benzene ring substituents is 1. The number of nitrogens with zero attached hydrogens (tertiary/aromatic N) is 1. The van der Waals surface area contributed by atoms with Gasteiger partial charge in [0.1, 0.15) is 0 Å². The van der Waals surface area contributed by atoms with Crippen LogP contribution >= 0.6 is 24.2 Å². The lowest BCUT2D eigenvalue weighted by atomic mass is 9.95. The van der Waals surface area contributed by atoms with Gasteiger partial charge in [0, 0.05) is 18.2 Å². The molecule has 0 aliphatic heterocycles. The Morgan fingerprint density at radius 1 is 1.55 bits per heavy atom. The lowest BCUT2D eigenvalue weighted by Crippen LogP contribution is -2.53. The maximum absolute atomic E-state index is 12.3. The van der Waals surface area contributed by atoms with Crippen LogP contribution in [0.15, 0.2) is 23.1 Å². The van der Waals surface area contributed by atoms with Crippen LogP contribution in [-0.2, 0) is 0 Å². The highest BCUT2D eigenvalue weighted by Gasteiger charge is 2.41. The molecule has 8 heteroatoms. The van der Waals surface area contributed by atoms with E-state index < -0.39 is 10.5 Å². The van der Waals surface area contributed by atoms with Crippen LogP contribution in [0, 0.1) is 16.0 Å². The molecular weight excluding hydrogens is 326 g/mol. The Bertz CT molecular complexity index is 580. The summed E-state index contributed by atoms with van der Waals surface area (Å²) >= 11 is 1.28. The van der Waals surface area contributed by atoms with E-state index in [4.69, 9.17) is 5.73 Å². The second-order valence-electron chi connectivity index (χ2n) is 5.49. The van der Waals surface area contributed by atoms with Gasteiger partial charge in [-0.25, -0.2) is 0 Å². The van der Waals surface area contributed by atoms with Gasteiger partial charge in [-0.15, -0.1) is 24.2 Å². The van der Waals surface area contributed by atoms with Gasteiger partial charge in [0.2, 0.25) is 0 Å². The van der Waals surface area contributed by atoms with E-state index in [0.29, 0.717) is 22.9 Å². The van der Waals surface area contributed by atoms with E-state index in [1.165, 1.54) is 17.8 Å². The lowest BCUT2D eigenvalue weighted by molar-refractivity contribution is -0.387. The van der Waals surface area contributed by atoms with Crippen molar-refractivity contribution in [1.82, 2.24) is 5.32 Å². The van der Waals surface area contributed by atoms with Crippen LogP contribution in [0.25, 0.3) is 0 Å². The molecule has 0 radical (unpaired) electrons. The molecule has 3 N–H and O–H groups in total. The molecule has 2 rings (SSSR count). The Balaban J connectivity index is 0.00000242. The molecule has 1 fully saturated rings. The summed E-state index contributed by atoms with van der Waals surface area (Å²) in [5, 5.41) is 14.0. The van der Waals surface area contributed by atoms with E-state index in [-0.39, 0.29) is 24.0 Å². The summed E-state index contributed by atoms with van der Waals surface area (Å²) in [6, 6.07) is 4.54. The minimum absolute atomic E-state index is 0. The Labute approximate surface area is 139 Å². The van der Waals surface area contributed by atoms with E-state index >= 15 is 0 Å². The van der Waals surface area contributed by atoms with Crippen LogP contribution in [0.2, 0.25) is 0 Å². The zero-order valence-corrected chi connectivity index (χ0v) is 14.1. The molecule has 122 valence electrons. The molecule has 1 saturated carbocycles. The number of hydrogen-bond donors (Lipinski definition) is 2. The van der Waals surface area contributed by atoms with Crippen LogP contribution in [0.5, 0.6) is 0 Å². The molecule has 1 amide bonds. The van der Waals surface area contributed by atoms with Crippen LogP contribution in [-0.4, -0.2) is 29.2 Å². The first-order chi connectivity index (χ1) is 9.91. The van der Waals surface area contributed by atoms with Crippen molar-refractivity contribution in [2.24, 2.45) is 11.7 Å². The van der Waals surface area contributed by atoms with E-state index in [9.17, 15) is 14.9 Å². The van der Waals surface area contributed by atoms with Gasteiger partial charge in [-0.3, -0.25) is 14.9 Å². The quantitative estimate of drug-likeness (QED) is 0.469. The summed E-state index contributed by atoms with van der Waals surface area (Å²) in [5.74, 6) is 0.0810. The van der Waals surface area contributed by atoms with Crippen molar-refractivity contribution in [1.29, 1.82) is 0 Å². The van der Waals surface area contributed by atoms with E-state index in [1.807, 2.05) is 6.92 Å². The third kappa shape index (κ3) is 3.91. The number of thioether (sulfide) groups is 1. The fraction of sp³-hybridized carbons (Fsp3) is 0.500. The molecule has 0 spiro atoms. The summed E-state index contributed by atoms with van der Waals surface area (Å²) < 4.78 is 0. The largest absolute Gasteiger partial charge is 0.345 e. The monoisotopic (exact) mass is 345 g/mol. The minimum Gasteiger partial charge on any atom is -0.345 e. The van der Waals surface area contributed by atoms with Crippen molar-refractivity contribution in [3.05, 3.63) is 33.9 Å². The topological polar surface area (TPSA) is 98.3 Å². The smallest absolute Gasteiger partial charge is 0.283 e. The van der Waals surface area contributed by atoms with E-state index in [2.05, 4.69) is 5.32 Å². The van der Waals surface area contributed by atoms with Crippen molar-refractivity contribution in [3.8, 4) is 0 Å². The number of nitrogens with one attached hydrogen (secondary N) is 1. The van der Waals surface area contributed by atoms with Gasteiger partial charge in [-0.05, 0) is 44.1 Å². The summed E-state index contributed by atoms with van der Waals surface area (Å²) in [7, 11) is 0. The lowest BCUT2D eigenvalue weighted by Gasteiger charge is -2.29. The molecule has 1 aliphatic rings. The second kappa shape index (κ2) is 7.30. The molecule has 0 saturated heterocycles. The number of benzene rings is 1. The van der Waals surface area contributed by atoms with Crippen LogP contribution < -0.4 is 11.1 Å². The maximum atomic E-state index is 12.3. The first-order valence-electron chi connectivity index (χ1n) is 6.76. The van der Waals surface area contributed by atoms with Crippen molar-refractivity contribution >= 4 is 35.8 Å². The molecule has 1 unspecified atom stereocenters. The Hall–Kier alpha value is -1.31. The van der Waals surface area contributed by atoms with Crippen molar-refractivity contribution in [3.63, 3.8) is 0 Å². The molecule has 0 aromatic heterocycles. The van der Waals surface area contributed by atoms with Gasteiger partial charge in [-0.2, -0.15) is 0 Å². The van der Waals surface area contributed by atoms with Crippen LogP contribution in [0.3, 0.4) is 0 Å². The number of carbonyl (C=O) groups excluding carboxylic acids is 1. The van der Waals surface area contributed by atoms with Gasteiger partial charge in [0.25, 0.3) is 11.6 Å². The average Bonchev–Trinajstić information content (AvgIpc) is 3.31. The molecule has 1 atom stereocenters. The van der Waals surface area contributed by atoms with Crippen molar-refractivity contribution in [2.45, 2.75) is 30.2 Å². The molecule has 0 heterocycles. The number of carbonyl (C=O) groups is 1. The predicted molar refractivity (Wildman–Crippen MR) is 89.8 cm³/mol. The third-order valence-corrected chi connectivity index (χ3v) is 4.72. The zero-order chi connectivity index (χ0) is 15.6. The maximum Gasteiger partial charge on any atom is 0.283 e. The first kappa shape index (κ1) is 18.7.